The second-order valence-corrected chi connectivity index (χ2v) is 6.61. The second kappa shape index (κ2) is 7.51. The Labute approximate surface area is 148 Å². The van der Waals surface area contributed by atoms with E-state index in [-0.39, 0.29) is 5.91 Å². The van der Waals surface area contributed by atoms with Crippen LogP contribution in [0.1, 0.15) is 35.3 Å². The molecule has 1 aromatic heterocycles. The van der Waals surface area contributed by atoms with Gasteiger partial charge in [-0.15, -0.1) is 0 Å². The first kappa shape index (κ1) is 17.2. The highest BCUT2D eigenvalue weighted by Crippen LogP contribution is 2.19. The number of rotatable bonds is 4. The van der Waals surface area contributed by atoms with Gasteiger partial charge < -0.3 is 15.1 Å². The van der Waals surface area contributed by atoms with Crippen LogP contribution in [0, 0.1) is 6.92 Å². The van der Waals surface area contributed by atoms with Crippen LogP contribution in [-0.4, -0.2) is 43.1 Å². The van der Waals surface area contributed by atoms with Gasteiger partial charge in [-0.2, -0.15) is 0 Å². The van der Waals surface area contributed by atoms with Crippen LogP contribution >= 0.6 is 0 Å². The van der Waals surface area contributed by atoms with Gasteiger partial charge in [0.25, 0.3) is 5.91 Å². The summed E-state index contributed by atoms with van der Waals surface area (Å²) in [5, 5.41) is 2.91. The first-order valence-corrected chi connectivity index (χ1v) is 8.72. The monoisotopic (exact) mass is 339 g/mol. The smallest absolute Gasteiger partial charge is 0.259 e. The van der Waals surface area contributed by atoms with E-state index in [9.17, 15) is 4.79 Å². The lowest BCUT2D eigenvalue weighted by Crippen LogP contribution is -2.31. The summed E-state index contributed by atoms with van der Waals surface area (Å²) in [5.74, 6) is 0.546. The zero-order valence-corrected chi connectivity index (χ0v) is 15.1. The van der Waals surface area contributed by atoms with E-state index in [4.69, 9.17) is 0 Å². The number of anilines is 3. The molecule has 1 N–H and O–H groups in total. The van der Waals surface area contributed by atoms with Crippen molar-refractivity contribution in [2.75, 3.05) is 42.3 Å². The molecule has 6 nitrogen and oxygen atoms in total. The second-order valence-electron chi connectivity index (χ2n) is 6.61. The Morgan fingerprint density at radius 3 is 2.40 bits per heavy atom. The third kappa shape index (κ3) is 4.07. The van der Waals surface area contributed by atoms with Gasteiger partial charge in [-0.1, -0.05) is 0 Å². The molecular weight excluding hydrogens is 314 g/mol. The van der Waals surface area contributed by atoms with Gasteiger partial charge in [0.15, 0.2) is 0 Å². The third-order valence-corrected chi connectivity index (χ3v) is 4.49. The van der Waals surface area contributed by atoms with Crippen molar-refractivity contribution >= 4 is 23.2 Å². The summed E-state index contributed by atoms with van der Waals surface area (Å²) in [7, 11) is 3.97. The Morgan fingerprint density at radius 2 is 1.80 bits per heavy atom. The summed E-state index contributed by atoms with van der Waals surface area (Å²) in [6.45, 7) is 3.84. The molecule has 1 aromatic carbocycles. The molecule has 0 spiro atoms. The first-order chi connectivity index (χ1) is 12.0. The largest absolute Gasteiger partial charge is 0.378 e. The van der Waals surface area contributed by atoms with Crippen LogP contribution in [0.25, 0.3) is 0 Å². The number of aromatic nitrogens is 2. The summed E-state index contributed by atoms with van der Waals surface area (Å²) in [6, 6.07) is 7.73. The molecule has 0 saturated carbocycles. The van der Waals surface area contributed by atoms with E-state index < -0.39 is 0 Å². The SMILES string of the molecule is Cc1nc(N2CCCCC2)ncc1C(=O)Nc1ccc(N(C)C)cc1. The lowest BCUT2D eigenvalue weighted by atomic mass is 10.1. The zero-order chi connectivity index (χ0) is 17.8. The normalized spacial score (nSPS) is 14.3. The fourth-order valence-electron chi connectivity index (χ4n) is 2.97. The quantitative estimate of drug-likeness (QED) is 0.927. The van der Waals surface area contributed by atoms with Gasteiger partial charge in [-0.05, 0) is 50.5 Å². The maximum Gasteiger partial charge on any atom is 0.259 e. The van der Waals surface area contributed by atoms with Gasteiger partial charge in [0, 0.05) is 44.8 Å². The van der Waals surface area contributed by atoms with E-state index in [0.29, 0.717) is 11.3 Å². The number of amides is 1. The predicted molar refractivity (Wildman–Crippen MR) is 102 cm³/mol. The number of carbonyl (C=O) groups is 1. The summed E-state index contributed by atoms with van der Waals surface area (Å²) in [4.78, 5) is 25.7. The molecule has 0 bridgehead atoms. The maximum atomic E-state index is 12.5. The summed E-state index contributed by atoms with van der Waals surface area (Å²) >= 11 is 0. The molecule has 0 unspecified atom stereocenters. The highest BCUT2D eigenvalue weighted by atomic mass is 16.1. The van der Waals surface area contributed by atoms with Gasteiger partial charge in [0.05, 0.1) is 11.3 Å². The highest BCUT2D eigenvalue weighted by molar-refractivity contribution is 6.04. The van der Waals surface area contributed by atoms with Crippen LogP contribution in [0.3, 0.4) is 0 Å². The molecule has 0 aliphatic carbocycles. The Bertz CT molecular complexity index is 736. The Kier molecular flexibility index (Phi) is 5.16. The van der Waals surface area contributed by atoms with Crippen molar-refractivity contribution in [1.82, 2.24) is 9.97 Å². The van der Waals surface area contributed by atoms with Gasteiger partial charge in [-0.25, -0.2) is 9.97 Å². The standard InChI is InChI=1S/C19H25N5O/c1-14-17(13-20-19(21-14)24-11-5-4-6-12-24)18(25)22-15-7-9-16(10-8-15)23(2)3/h7-10,13H,4-6,11-12H2,1-3H3,(H,22,25). The van der Waals surface area contributed by atoms with Crippen molar-refractivity contribution in [3.63, 3.8) is 0 Å². The molecule has 25 heavy (non-hydrogen) atoms. The van der Waals surface area contributed by atoms with E-state index in [1.165, 1.54) is 19.3 Å². The summed E-state index contributed by atoms with van der Waals surface area (Å²) in [5.41, 5.74) is 3.06. The molecule has 0 atom stereocenters. The number of nitrogens with zero attached hydrogens (tertiary/aromatic N) is 4. The van der Waals surface area contributed by atoms with Crippen molar-refractivity contribution in [3.8, 4) is 0 Å². The number of piperidine rings is 1. The Morgan fingerprint density at radius 1 is 1.12 bits per heavy atom. The van der Waals surface area contributed by atoms with E-state index in [1.807, 2.05) is 50.2 Å². The zero-order valence-electron chi connectivity index (χ0n) is 15.1. The van der Waals surface area contributed by atoms with Crippen molar-refractivity contribution in [3.05, 3.63) is 41.7 Å². The van der Waals surface area contributed by atoms with Gasteiger partial charge in [-0.3, -0.25) is 4.79 Å². The molecule has 132 valence electrons. The van der Waals surface area contributed by atoms with E-state index in [2.05, 4.69) is 20.2 Å². The minimum atomic E-state index is -0.180. The molecule has 1 saturated heterocycles. The van der Waals surface area contributed by atoms with Crippen molar-refractivity contribution < 1.29 is 4.79 Å². The Hall–Kier alpha value is -2.63. The molecule has 1 amide bonds. The predicted octanol–water partition coefficient (Wildman–Crippen LogP) is 3.09. The number of carbonyl (C=O) groups excluding carboxylic acids is 1. The molecule has 1 aliphatic rings. The molecule has 2 heterocycles. The van der Waals surface area contributed by atoms with Gasteiger partial charge in [0.1, 0.15) is 0 Å². The van der Waals surface area contributed by atoms with Crippen LogP contribution in [0.4, 0.5) is 17.3 Å². The van der Waals surface area contributed by atoms with Crippen LogP contribution in [0.15, 0.2) is 30.5 Å². The molecule has 0 radical (unpaired) electrons. The molecular formula is C19H25N5O. The average Bonchev–Trinajstić information content (AvgIpc) is 2.62. The van der Waals surface area contributed by atoms with Crippen LogP contribution in [-0.2, 0) is 0 Å². The minimum Gasteiger partial charge on any atom is -0.378 e. The molecule has 1 aliphatic heterocycles. The number of hydrogen-bond donors (Lipinski definition) is 1. The maximum absolute atomic E-state index is 12.5. The lowest BCUT2D eigenvalue weighted by Gasteiger charge is -2.26. The molecule has 6 heteroatoms. The molecule has 2 aromatic rings. The van der Waals surface area contributed by atoms with Gasteiger partial charge in [0.2, 0.25) is 5.95 Å². The van der Waals surface area contributed by atoms with Crippen molar-refractivity contribution in [2.24, 2.45) is 0 Å². The molecule has 3 rings (SSSR count). The van der Waals surface area contributed by atoms with Gasteiger partial charge >= 0.3 is 0 Å². The minimum absolute atomic E-state index is 0.180. The number of nitrogens with one attached hydrogen (secondary N) is 1. The molecule has 1 fully saturated rings. The Balaban J connectivity index is 1.71. The lowest BCUT2D eigenvalue weighted by molar-refractivity contribution is 0.102. The van der Waals surface area contributed by atoms with Crippen molar-refractivity contribution in [2.45, 2.75) is 26.2 Å². The van der Waals surface area contributed by atoms with E-state index in [1.54, 1.807) is 6.20 Å². The van der Waals surface area contributed by atoms with Crippen molar-refractivity contribution in [1.29, 1.82) is 0 Å². The topological polar surface area (TPSA) is 61.4 Å². The van der Waals surface area contributed by atoms with Crippen LogP contribution in [0.5, 0.6) is 0 Å². The summed E-state index contributed by atoms with van der Waals surface area (Å²) in [6.07, 6.45) is 5.25. The fraction of sp³-hybridized carbons (Fsp3) is 0.421. The number of benzene rings is 1. The highest BCUT2D eigenvalue weighted by Gasteiger charge is 2.17. The number of hydrogen-bond acceptors (Lipinski definition) is 5. The average molecular weight is 339 g/mol. The number of aryl methyl sites for hydroxylation is 1. The fourth-order valence-corrected chi connectivity index (χ4v) is 2.97. The van der Waals surface area contributed by atoms with E-state index in [0.717, 1.165) is 30.4 Å². The third-order valence-electron chi connectivity index (χ3n) is 4.49. The van der Waals surface area contributed by atoms with E-state index >= 15 is 0 Å². The first-order valence-electron chi connectivity index (χ1n) is 8.72. The van der Waals surface area contributed by atoms with Crippen LogP contribution in [0.2, 0.25) is 0 Å². The summed E-state index contributed by atoms with van der Waals surface area (Å²) < 4.78 is 0. The van der Waals surface area contributed by atoms with Crippen LogP contribution < -0.4 is 15.1 Å².